The van der Waals surface area contributed by atoms with Crippen LogP contribution in [0.2, 0.25) is 0 Å². The average Bonchev–Trinajstić information content (AvgIpc) is 2.79. The Balaban J connectivity index is 2.45. The van der Waals surface area contributed by atoms with Crippen LogP contribution in [0.3, 0.4) is 0 Å². The fourth-order valence-corrected chi connectivity index (χ4v) is 3.13. The highest BCUT2D eigenvalue weighted by Crippen LogP contribution is 2.34. The van der Waals surface area contributed by atoms with E-state index in [2.05, 4.69) is 20.9 Å². The highest BCUT2D eigenvalue weighted by Gasteiger charge is 2.30. The van der Waals surface area contributed by atoms with Crippen molar-refractivity contribution in [2.24, 2.45) is 0 Å². The van der Waals surface area contributed by atoms with Gasteiger partial charge < -0.3 is 0 Å². The molecule has 2 nitrogen and oxygen atoms in total. The van der Waals surface area contributed by atoms with Gasteiger partial charge in [-0.25, -0.2) is 4.98 Å². The molecule has 2 aromatic rings. The number of carbonyl (C=O) groups is 1. The lowest BCUT2D eigenvalue weighted by Crippen LogP contribution is -2.04. The van der Waals surface area contributed by atoms with Gasteiger partial charge in [-0.1, -0.05) is 28.1 Å². The SMILES string of the molecule is Cc1nc(-c2cccc(C(F)(F)F)c2)sc1C(=O)CBr. The predicted octanol–water partition coefficient (Wildman–Crippen LogP) is 4.71. The molecule has 20 heavy (non-hydrogen) atoms. The third-order valence-corrected chi connectivity index (χ3v) is 4.36. The molecule has 0 aliphatic rings. The predicted molar refractivity (Wildman–Crippen MR) is 75.4 cm³/mol. The number of ketones is 1. The molecule has 0 fully saturated rings. The largest absolute Gasteiger partial charge is 0.416 e. The second kappa shape index (κ2) is 5.65. The van der Waals surface area contributed by atoms with Crippen LogP contribution >= 0.6 is 27.3 Å². The Labute approximate surface area is 125 Å². The van der Waals surface area contributed by atoms with Crippen molar-refractivity contribution in [3.05, 3.63) is 40.4 Å². The molecule has 0 atom stereocenters. The lowest BCUT2D eigenvalue weighted by Gasteiger charge is -2.07. The summed E-state index contributed by atoms with van der Waals surface area (Å²) in [5.74, 6) is -0.127. The Bertz CT molecular complexity index is 651. The zero-order valence-electron chi connectivity index (χ0n) is 10.3. The zero-order chi connectivity index (χ0) is 14.9. The first kappa shape index (κ1) is 15.2. The van der Waals surface area contributed by atoms with Crippen LogP contribution in [-0.4, -0.2) is 16.1 Å². The minimum atomic E-state index is -4.39. The lowest BCUT2D eigenvalue weighted by molar-refractivity contribution is -0.137. The van der Waals surface area contributed by atoms with Gasteiger partial charge in [-0.3, -0.25) is 4.79 Å². The number of benzene rings is 1. The first-order chi connectivity index (χ1) is 9.32. The molecule has 0 bridgehead atoms. The Kier molecular flexibility index (Phi) is 4.29. The van der Waals surface area contributed by atoms with Gasteiger partial charge in [-0.05, 0) is 19.1 Å². The van der Waals surface area contributed by atoms with Gasteiger partial charge in [0, 0.05) is 5.56 Å². The zero-order valence-corrected chi connectivity index (χ0v) is 12.7. The van der Waals surface area contributed by atoms with Crippen molar-refractivity contribution in [3.8, 4) is 10.6 Å². The minimum absolute atomic E-state index is 0.127. The van der Waals surface area contributed by atoms with Crippen LogP contribution in [0, 0.1) is 6.92 Å². The van der Waals surface area contributed by atoms with Crippen molar-refractivity contribution in [3.63, 3.8) is 0 Å². The van der Waals surface area contributed by atoms with Crippen molar-refractivity contribution in [2.45, 2.75) is 13.1 Å². The van der Waals surface area contributed by atoms with Gasteiger partial charge in [0.1, 0.15) is 5.01 Å². The third kappa shape index (κ3) is 3.09. The summed E-state index contributed by atoms with van der Waals surface area (Å²) in [6.45, 7) is 1.67. The summed E-state index contributed by atoms with van der Waals surface area (Å²) in [5, 5.41) is 0.579. The Hall–Kier alpha value is -1.21. The first-order valence-electron chi connectivity index (χ1n) is 5.57. The summed E-state index contributed by atoms with van der Waals surface area (Å²) >= 11 is 4.18. The van der Waals surface area contributed by atoms with Crippen LogP contribution in [0.4, 0.5) is 13.2 Å². The van der Waals surface area contributed by atoms with E-state index in [-0.39, 0.29) is 11.1 Å². The van der Waals surface area contributed by atoms with Gasteiger partial charge in [0.25, 0.3) is 0 Å². The van der Waals surface area contributed by atoms with E-state index in [1.54, 1.807) is 13.0 Å². The van der Waals surface area contributed by atoms with Crippen molar-refractivity contribution in [1.82, 2.24) is 4.98 Å². The van der Waals surface area contributed by atoms with Crippen molar-refractivity contribution >= 4 is 33.0 Å². The number of nitrogens with zero attached hydrogens (tertiary/aromatic N) is 1. The summed E-state index contributed by atoms with van der Waals surface area (Å²) < 4.78 is 38.0. The number of thiazole rings is 1. The Morgan fingerprint density at radius 2 is 2.10 bits per heavy atom. The van der Waals surface area contributed by atoms with E-state index < -0.39 is 11.7 Å². The van der Waals surface area contributed by atoms with Gasteiger partial charge >= 0.3 is 6.18 Å². The van der Waals surface area contributed by atoms with Crippen molar-refractivity contribution in [1.29, 1.82) is 0 Å². The van der Waals surface area contributed by atoms with E-state index in [0.29, 0.717) is 21.1 Å². The number of Topliss-reactive ketones (excluding diaryl/α,β-unsaturated/α-hetero) is 1. The number of aryl methyl sites for hydroxylation is 1. The topological polar surface area (TPSA) is 30.0 Å². The monoisotopic (exact) mass is 363 g/mol. The van der Waals surface area contributed by atoms with Crippen molar-refractivity contribution < 1.29 is 18.0 Å². The molecule has 0 radical (unpaired) electrons. The molecule has 0 aliphatic heterocycles. The normalized spacial score (nSPS) is 11.7. The molecule has 7 heteroatoms. The highest BCUT2D eigenvalue weighted by atomic mass is 79.9. The molecular formula is C13H9BrF3NOS. The third-order valence-electron chi connectivity index (χ3n) is 2.61. The maximum absolute atomic E-state index is 12.7. The highest BCUT2D eigenvalue weighted by molar-refractivity contribution is 9.09. The number of hydrogen-bond acceptors (Lipinski definition) is 3. The molecule has 0 saturated carbocycles. The van der Waals surface area contributed by atoms with Gasteiger partial charge in [0.05, 0.1) is 21.5 Å². The van der Waals surface area contributed by atoms with E-state index in [1.165, 1.54) is 6.07 Å². The Morgan fingerprint density at radius 3 is 2.70 bits per heavy atom. The fourth-order valence-electron chi connectivity index (χ4n) is 1.67. The number of hydrogen-bond donors (Lipinski definition) is 0. The average molecular weight is 364 g/mol. The fraction of sp³-hybridized carbons (Fsp3) is 0.231. The molecule has 1 heterocycles. The molecule has 1 aromatic carbocycles. The second-order valence-electron chi connectivity index (χ2n) is 4.07. The van der Waals surface area contributed by atoms with Crippen LogP contribution in [0.15, 0.2) is 24.3 Å². The molecule has 0 spiro atoms. The van der Waals surface area contributed by atoms with E-state index in [9.17, 15) is 18.0 Å². The molecule has 0 N–H and O–H groups in total. The summed E-state index contributed by atoms with van der Waals surface area (Å²) in [6, 6.07) is 4.94. The molecular weight excluding hydrogens is 355 g/mol. The molecule has 0 aliphatic carbocycles. The summed E-state index contributed by atoms with van der Waals surface area (Å²) in [7, 11) is 0. The number of alkyl halides is 4. The maximum Gasteiger partial charge on any atom is 0.416 e. The standard InChI is InChI=1S/C13H9BrF3NOS/c1-7-11(10(19)6-14)20-12(18-7)8-3-2-4-9(5-8)13(15,16)17/h2-5H,6H2,1H3. The molecule has 0 amide bonds. The number of aromatic nitrogens is 1. The minimum Gasteiger partial charge on any atom is -0.292 e. The van der Waals surface area contributed by atoms with E-state index in [4.69, 9.17) is 0 Å². The molecule has 0 saturated heterocycles. The molecule has 2 rings (SSSR count). The van der Waals surface area contributed by atoms with E-state index in [0.717, 1.165) is 23.5 Å². The van der Waals surface area contributed by atoms with Gasteiger partial charge in [0.15, 0.2) is 5.78 Å². The molecule has 106 valence electrons. The van der Waals surface area contributed by atoms with E-state index >= 15 is 0 Å². The van der Waals surface area contributed by atoms with Gasteiger partial charge in [-0.2, -0.15) is 13.2 Å². The number of rotatable bonds is 3. The smallest absolute Gasteiger partial charge is 0.292 e. The van der Waals surface area contributed by atoms with Crippen LogP contribution < -0.4 is 0 Å². The van der Waals surface area contributed by atoms with Crippen LogP contribution in [0.25, 0.3) is 10.6 Å². The summed E-state index contributed by atoms with van der Waals surface area (Å²) in [5.41, 5.74) is 0.171. The second-order valence-corrected chi connectivity index (χ2v) is 5.63. The summed E-state index contributed by atoms with van der Waals surface area (Å²) in [4.78, 5) is 16.3. The van der Waals surface area contributed by atoms with E-state index in [1.807, 2.05) is 0 Å². The number of halogens is 4. The van der Waals surface area contributed by atoms with Crippen LogP contribution in [0.5, 0.6) is 0 Å². The van der Waals surface area contributed by atoms with Crippen LogP contribution in [0.1, 0.15) is 20.9 Å². The first-order valence-corrected chi connectivity index (χ1v) is 7.51. The summed E-state index contributed by atoms with van der Waals surface area (Å²) in [6.07, 6.45) is -4.39. The maximum atomic E-state index is 12.7. The number of carbonyl (C=O) groups excluding carboxylic acids is 1. The lowest BCUT2D eigenvalue weighted by atomic mass is 10.1. The molecule has 1 aromatic heterocycles. The quantitative estimate of drug-likeness (QED) is 0.583. The van der Waals surface area contributed by atoms with Crippen LogP contribution in [-0.2, 0) is 6.18 Å². The van der Waals surface area contributed by atoms with Gasteiger partial charge in [-0.15, -0.1) is 11.3 Å². The van der Waals surface area contributed by atoms with Gasteiger partial charge in [0.2, 0.25) is 0 Å². The van der Waals surface area contributed by atoms with Crippen molar-refractivity contribution in [2.75, 3.05) is 5.33 Å². The Morgan fingerprint density at radius 1 is 1.40 bits per heavy atom. The molecule has 0 unspecified atom stereocenters.